The van der Waals surface area contributed by atoms with E-state index in [1.165, 1.54) is 6.33 Å². The van der Waals surface area contributed by atoms with Gasteiger partial charge in [-0.25, -0.2) is 23.1 Å². The van der Waals surface area contributed by atoms with Gasteiger partial charge in [0.15, 0.2) is 15.5 Å². The van der Waals surface area contributed by atoms with E-state index in [-0.39, 0.29) is 17.5 Å². The van der Waals surface area contributed by atoms with Crippen LogP contribution in [0.1, 0.15) is 12.0 Å². The lowest BCUT2D eigenvalue weighted by Crippen LogP contribution is -2.21. The summed E-state index contributed by atoms with van der Waals surface area (Å²) in [4.78, 5) is 8.63. The summed E-state index contributed by atoms with van der Waals surface area (Å²) in [5.41, 5.74) is 2.75. The number of aromatic nitrogens is 4. The third kappa shape index (κ3) is 2.62. The number of nitrogens with one attached hydrogen (secondary N) is 1. The molecule has 124 valence electrons. The molecule has 0 saturated carbocycles. The van der Waals surface area contributed by atoms with Gasteiger partial charge in [-0.15, -0.1) is 0 Å². The van der Waals surface area contributed by atoms with Crippen molar-refractivity contribution >= 4 is 26.7 Å². The molecule has 1 fully saturated rings. The molecule has 1 aliphatic rings. The summed E-state index contributed by atoms with van der Waals surface area (Å²) in [5, 5.41) is 8.46. The van der Waals surface area contributed by atoms with Gasteiger partial charge in [0, 0.05) is 6.04 Å². The number of nitrogens with zero attached hydrogens (tertiary/aromatic N) is 4. The van der Waals surface area contributed by atoms with Gasteiger partial charge in [0.2, 0.25) is 0 Å². The van der Waals surface area contributed by atoms with Crippen molar-refractivity contribution in [3.63, 3.8) is 0 Å². The van der Waals surface area contributed by atoms with E-state index in [9.17, 15) is 8.42 Å². The van der Waals surface area contributed by atoms with E-state index in [0.717, 1.165) is 16.6 Å². The molecular formula is C16H17N5O2S. The van der Waals surface area contributed by atoms with E-state index in [2.05, 4.69) is 20.4 Å². The summed E-state index contributed by atoms with van der Waals surface area (Å²) in [6.45, 7) is 2.02. The van der Waals surface area contributed by atoms with Crippen LogP contribution >= 0.6 is 0 Å². The molecule has 0 radical (unpaired) electrons. The average Bonchev–Trinajstić information content (AvgIpc) is 3.12. The van der Waals surface area contributed by atoms with Gasteiger partial charge in [0.05, 0.1) is 28.8 Å². The van der Waals surface area contributed by atoms with Gasteiger partial charge < -0.3 is 5.32 Å². The quantitative estimate of drug-likeness (QED) is 0.779. The van der Waals surface area contributed by atoms with Crippen molar-refractivity contribution in [1.29, 1.82) is 0 Å². The maximum absolute atomic E-state index is 11.6. The maximum Gasteiger partial charge on any atom is 0.168 e. The highest BCUT2D eigenvalue weighted by atomic mass is 32.2. The van der Waals surface area contributed by atoms with E-state index in [4.69, 9.17) is 0 Å². The Bertz CT molecular complexity index is 1010. The first kappa shape index (κ1) is 15.1. The van der Waals surface area contributed by atoms with Crippen LogP contribution in [-0.4, -0.2) is 45.7 Å². The fourth-order valence-electron chi connectivity index (χ4n) is 3.04. The van der Waals surface area contributed by atoms with Crippen molar-refractivity contribution in [2.75, 3.05) is 16.8 Å². The normalized spacial score (nSPS) is 19.6. The highest BCUT2D eigenvalue weighted by Gasteiger charge is 2.28. The standard InChI is InChI=1S/C16H17N5O2S/c1-11-4-2-3-5-14(11)21-16-13(8-19-21)15(17-10-18-16)20-12-6-7-24(22,23)9-12/h2-5,8,10,12H,6-7,9H2,1H3,(H,17,18,20)/t12-/m1/s1. The molecule has 1 N–H and O–H groups in total. The molecule has 4 rings (SSSR count). The van der Waals surface area contributed by atoms with Crippen LogP contribution in [0.15, 0.2) is 36.8 Å². The van der Waals surface area contributed by atoms with Crippen LogP contribution in [0, 0.1) is 6.92 Å². The second-order valence-electron chi connectivity index (χ2n) is 6.05. The zero-order valence-electron chi connectivity index (χ0n) is 13.2. The maximum atomic E-state index is 11.6. The molecule has 0 unspecified atom stereocenters. The van der Waals surface area contributed by atoms with Crippen LogP contribution in [0.3, 0.4) is 0 Å². The van der Waals surface area contributed by atoms with Gasteiger partial charge in [0.1, 0.15) is 12.1 Å². The number of aryl methyl sites for hydroxylation is 1. The molecule has 3 aromatic rings. The lowest BCUT2D eigenvalue weighted by atomic mass is 10.2. The number of benzene rings is 1. The molecule has 1 saturated heterocycles. The minimum absolute atomic E-state index is 0.116. The first-order valence-electron chi connectivity index (χ1n) is 7.75. The minimum Gasteiger partial charge on any atom is -0.366 e. The summed E-state index contributed by atoms with van der Waals surface area (Å²) >= 11 is 0. The molecule has 1 aliphatic heterocycles. The van der Waals surface area contributed by atoms with E-state index in [0.29, 0.717) is 17.9 Å². The largest absolute Gasteiger partial charge is 0.366 e. The number of anilines is 1. The van der Waals surface area contributed by atoms with Gasteiger partial charge in [0.25, 0.3) is 0 Å². The zero-order chi connectivity index (χ0) is 16.7. The molecule has 0 bridgehead atoms. The van der Waals surface area contributed by atoms with Crippen molar-refractivity contribution in [2.45, 2.75) is 19.4 Å². The average molecular weight is 343 g/mol. The summed E-state index contributed by atoms with van der Waals surface area (Å²) in [6.07, 6.45) is 3.79. The molecule has 0 amide bonds. The first-order valence-corrected chi connectivity index (χ1v) is 9.57. The molecule has 0 spiro atoms. The highest BCUT2D eigenvalue weighted by Crippen LogP contribution is 2.25. The topological polar surface area (TPSA) is 89.8 Å². The van der Waals surface area contributed by atoms with Crippen LogP contribution in [0.2, 0.25) is 0 Å². The zero-order valence-corrected chi connectivity index (χ0v) is 14.0. The molecule has 1 atom stereocenters. The van der Waals surface area contributed by atoms with Crippen molar-refractivity contribution in [1.82, 2.24) is 19.7 Å². The van der Waals surface area contributed by atoms with Gasteiger partial charge in [-0.3, -0.25) is 0 Å². The summed E-state index contributed by atoms with van der Waals surface area (Å²) in [6, 6.07) is 7.83. The number of fused-ring (bicyclic) bond motifs is 1. The highest BCUT2D eigenvalue weighted by molar-refractivity contribution is 7.91. The third-order valence-corrected chi connectivity index (χ3v) is 6.05. The lowest BCUT2D eigenvalue weighted by molar-refractivity contribution is 0.602. The van der Waals surface area contributed by atoms with Gasteiger partial charge in [-0.05, 0) is 25.0 Å². The smallest absolute Gasteiger partial charge is 0.168 e. The van der Waals surface area contributed by atoms with Gasteiger partial charge in [-0.2, -0.15) is 5.10 Å². The number of hydrogen-bond donors (Lipinski definition) is 1. The minimum atomic E-state index is -2.94. The molecule has 24 heavy (non-hydrogen) atoms. The Balaban J connectivity index is 1.73. The van der Waals surface area contributed by atoms with E-state index >= 15 is 0 Å². The Morgan fingerprint density at radius 1 is 1.25 bits per heavy atom. The number of hydrogen-bond acceptors (Lipinski definition) is 6. The first-order chi connectivity index (χ1) is 11.5. The molecule has 1 aromatic carbocycles. The fraction of sp³-hybridized carbons (Fsp3) is 0.312. The summed E-state index contributed by atoms with van der Waals surface area (Å²) in [5.74, 6) is 0.994. The molecule has 3 heterocycles. The van der Waals surface area contributed by atoms with Crippen molar-refractivity contribution in [2.24, 2.45) is 0 Å². The van der Waals surface area contributed by atoms with E-state index < -0.39 is 9.84 Å². The number of sulfone groups is 1. The Kier molecular flexibility index (Phi) is 3.49. The molecular weight excluding hydrogens is 326 g/mol. The van der Waals surface area contributed by atoms with Crippen molar-refractivity contribution in [3.05, 3.63) is 42.4 Å². The van der Waals surface area contributed by atoms with E-state index in [1.807, 2.05) is 31.2 Å². The van der Waals surface area contributed by atoms with Crippen molar-refractivity contribution in [3.8, 4) is 5.69 Å². The van der Waals surface area contributed by atoms with Crippen LogP contribution < -0.4 is 5.32 Å². The third-order valence-electron chi connectivity index (χ3n) is 4.28. The van der Waals surface area contributed by atoms with Crippen LogP contribution in [0.25, 0.3) is 16.7 Å². The Labute approximate surface area is 139 Å². The number of rotatable bonds is 3. The van der Waals surface area contributed by atoms with E-state index in [1.54, 1.807) is 10.9 Å². The second-order valence-corrected chi connectivity index (χ2v) is 8.28. The predicted octanol–water partition coefficient (Wildman–Crippen LogP) is 1.72. The van der Waals surface area contributed by atoms with Crippen LogP contribution in [-0.2, 0) is 9.84 Å². The SMILES string of the molecule is Cc1ccccc1-n1ncc2c(N[C@@H]3CCS(=O)(=O)C3)ncnc21. The fourth-order valence-corrected chi connectivity index (χ4v) is 4.71. The van der Waals surface area contributed by atoms with Crippen molar-refractivity contribution < 1.29 is 8.42 Å². The second kappa shape index (κ2) is 5.55. The monoisotopic (exact) mass is 343 g/mol. The Morgan fingerprint density at radius 2 is 2.08 bits per heavy atom. The van der Waals surface area contributed by atoms with Gasteiger partial charge >= 0.3 is 0 Å². The number of para-hydroxylation sites is 1. The summed E-state index contributed by atoms with van der Waals surface area (Å²) in [7, 11) is -2.94. The summed E-state index contributed by atoms with van der Waals surface area (Å²) < 4.78 is 25.0. The Morgan fingerprint density at radius 3 is 2.83 bits per heavy atom. The van der Waals surface area contributed by atoms with Crippen LogP contribution in [0.5, 0.6) is 0 Å². The Hall–Kier alpha value is -2.48. The lowest BCUT2D eigenvalue weighted by Gasteiger charge is -2.12. The molecule has 2 aromatic heterocycles. The van der Waals surface area contributed by atoms with Crippen LogP contribution in [0.4, 0.5) is 5.82 Å². The molecule has 8 heteroatoms. The molecule has 7 nitrogen and oxygen atoms in total. The molecule has 0 aliphatic carbocycles. The van der Waals surface area contributed by atoms with Gasteiger partial charge in [-0.1, -0.05) is 18.2 Å². The predicted molar refractivity (Wildman–Crippen MR) is 92.1 cm³/mol.